The number of nitrogens with zero attached hydrogens (tertiary/aromatic N) is 2. The zero-order valence-electron chi connectivity index (χ0n) is 12.9. The van der Waals surface area contributed by atoms with Gasteiger partial charge in [-0.25, -0.2) is 0 Å². The van der Waals surface area contributed by atoms with Crippen LogP contribution in [0.15, 0.2) is 36.4 Å². The fraction of sp³-hybridized carbons (Fsp3) is 0.444. The van der Waals surface area contributed by atoms with Crippen LogP contribution in [0.1, 0.15) is 18.4 Å². The first-order valence-corrected chi connectivity index (χ1v) is 8.30. The summed E-state index contributed by atoms with van der Waals surface area (Å²) in [5.41, 5.74) is 0.955. The van der Waals surface area contributed by atoms with E-state index in [9.17, 15) is 19.7 Å². The molecule has 6 nitrogen and oxygen atoms in total. The van der Waals surface area contributed by atoms with Crippen molar-refractivity contribution in [3.05, 3.63) is 52.1 Å². The molecule has 0 N–H and O–H groups in total. The summed E-state index contributed by atoms with van der Waals surface area (Å²) < 4.78 is 0. The van der Waals surface area contributed by atoms with Crippen molar-refractivity contribution in [3.63, 3.8) is 0 Å². The highest BCUT2D eigenvalue weighted by molar-refractivity contribution is 6.06. The molecule has 2 saturated carbocycles. The van der Waals surface area contributed by atoms with E-state index in [4.69, 9.17) is 0 Å². The number of nitro benzene ring substituents is 1. The van der Waals surface area contributed by atoms with Crippen molar-refractivity contribution in [1.82, 2.24) is 4.90 Å². The number of nitro groups is 1. The minimum atomic E-state index is -0.460. The summed E-state index contributed by atoms with van der Waals surface area (Å²) in [6.45, 7) is 0.203. The fourth-order valence-electron chi connectivity index (χ4n) is 5.20. The number of fused-ring (bicyclic) bond motifs is 3. The molecule has 0 radical (unpaired) electrons. The molecule has 24 heavy (non-hydrogen) atoms. The first-order valence-electron chi connectivity index (χ1n) is 8.30. The number of imide groups is 1. The quantitative estimate of drug-likeness (QED) is 0.370. The Kier molecular flexibility index (Phi) is 2.50. The molecule has 3 fully saturated rings. The van der Waals surface area contributed by atoms with Gasteiger partial charge in [0, 0.05) is 12.1 Å². The van der Waals surface area contributed by atoms with Crippen molar-refractivity contribution in [3.8, 4) is 0 Å². The van der Waals surface area contributed by atoms with Gasteiger partial charge in [-0.05, 0) is 35.7 Å². The molecule has 4 aliphatic rings. The standard InChI is InChI=1S/C18H16N2O4/c21-16-14-12-5-6-13(18(12)7-8-18)15(14)17(22)19(16)9-10-1-3-11(4-2-10)20(23)24/h1-6,12-15H,7-9H2/t12-,13+,14-,15-/m0/s1. The van der Waals surface area contributed by atoms with Gasteiger partial charge in [0.1, 0.15) is 0 Å². The highest BCUT2D eigenvalue weighted by Crippen LogP contribution is 2.73. The minimum Gasteiger partial charge on any atom is -0.278 e. The Labute approximate surface area is 138 Å². The van der Waals surface area contributed by atoms with Crippen LogP contribution < -0.4 is 0 Å². The third-order valence-electron chi connectivity index (χ3n) is 6.43. The molecule has 122 valence electrons. The summed E-state index contributed by atoms with van der Waals surface area (Å²) in [5, 5.41) is 10.7. The molecule has 1 aromatic carbocycles. The van der Waals surface area contributed by atoms with Gasteiger partial charge >= 0.3 is 0 Å². The van der Waals surface area contributed by atoms with E-state index in [2.05, 4.69) is 12.2 Å². The van der Waals surface area contributed by atoms with Crippen LogP contribution in [-0.4, -0.2) is 21.6 Å². The molecule has 1 saturated heterocycles. The topological polar surface area (TPSA) is 80.5 Å². The Bertz CT molecular complexity index is 775. The van der Waals surface area contributed by atoms with Gasteiger partial charge in [-0.15, -0.1) is 0 Å². The predicted octanol–water partition coefficient (Wildman–Crippen LogP) is 2.29. The molecule has 5 rings (SSSR count). The van der Waals surface area contributed by atoms with Gasteiger partial charge in [0.15, 0.2) is 0 Å². The number of carbonyl (C=O) groups is 2. The number of likely N-dealkylation sites (tertiary alicyclic amines) is 1. The number of hydrogen-bond acceptors (Lipinski definition) is 4. The monoisotopic (exact) mass is 324 g/mol. The van der Waals surface area contributed by atoms with Gasteiger partial charge in [0.05, 0.1) is 23.3 Å². The molecule has 0 aromatic heterocycles. The van der Waals surface area contributed by atoms with Crippen LogP contribution in [0.5, 0.6) is 0 Å². The number of non-ortho nitro benzene ring substituents is 1. The number of rotatable bonds is 3. The summed E-state index contributed by atoms with van der Waals surface area (Å²) >= 11 is 0. The Morgan fingerprint density at radius 1 is 1.04 bits per heavy atom. The second-order valence-electron chi connectivity index (χ2n) is 7.41. The molecule has 1 aliphatic heterocycles. The number of benzene rings is 1. The normalized spacial score (nSPS) is 34.2. The molecule has 6 heteroatoms. The van der Waals surface area contributed by atoms with Crippen molar-refractivity contribution >= 4 is 17.5 Å². The average Bonchev–Trinajstić information content (AvgIpc) is 3.18. The maximum Gasteiger partial charge on any atom is 0.269 e. The highest BCUT2D eigenvalue weighted by atomic mass is 16.6. The average molecular weight is 324 g/mol. The van der Waals surface area contributed by atoms with E-state index in [0.29, 0.717) is 0 Å². The van der Waals surface area contributed by atoms with E-state index in [-0.39, 0.29) is 53.1 Å². The van der Waals surface area contributed by atoms with E-state index < -0.39 is 4.92 Å². The second kappa shape index (κ2) is 4.32. The van der Waals surface area contributed by atoms with Crippen LogP contribution in [0.4, 0.5) is 5.69 Å². The summed E-state index contributed by atoms with van der Waals surface area (Å²) in [5.74, 6) is -0.0457. The van der Waals surface area contributed by atoms with Gasteiger partial charge in [-0.1, -0.05) is 24.3 Å². The molecular formula is C18H16N2O4. The van der Waals surface area contributed by atoms with Crippen molar-refractivity contribution in [2.24, 2.45) is 29.1 Å². The molecule has 0 unspecified atom stereocenters. The van der Waals surface area contributed by atoms with Crippen LogP contribution >= 0.6 is 0 Å². The summed E-state index contributed by atoms with van der Waals surface area (Å²) in [6.07, 6.45) is 6.56. The molecule has 1 aromatic rings. The van der Waals surface area contributed by atoms with Gasteiger partial charge in [0.25, 0.3) is 5.69 Å². The predicted molar refractivity (Wildman–Crippen MR) is 83.4 cm³/mol. The van der Waals surface area contributed by atoms with Crippen LogP contribution in [0, 0.1) is 39.2 Å². The maximum atomic E-state index is 12.8. The zero-order valence-corrected chi connectivity index (χ0v) is 12.9. The molecule has 3 aliphatic carbocycles. The van der Waals surface area contributed by atoms with Gasteiger partial charge < -0.3 is 0 Å². The van der Waals surface area contributed by atoms with Crippen molar-refractivity contribution in [1.29, 1.82) is 0 Å². The summed E-state index contributed by atoms with van der Waals surface area (Å²) in [7, 11) is 0. The number of carbonyl (C=O) groups excluding carboxylic acids is 2. The van der Waals surface area contributed by atoms with E-state index in [1.165, 1.54) is 17.0 Å². The van der Waals surface area contributed by atoms with Gasteiger partial charge in [-0.2, -0.15) is 0 Å². The lowest BCUT2D eigenvalue weighted by molar-refractivity contribution is -0.384. The van der Waals surface area contributed by atoms with Crippen molar-refractivity contribution in [2.45, 2.75) is 19.4 Å². The lowest BCUT2D eigenvalue weighted by atomic mass is 9.85. The molecule has 2 amide bonds. The van der Waals surface area contributed by atoms with Crippen molar-refractivity contribution in [2.75, 3.05) is 0 Å². The van der Waals surface area contributed by atoms with E-state index in [0.717, 1.165) is 18.4 Å². The lowest BCUT2D eigenvalue weighted by Crippen LogP contribution is -2.34. The summed E-state index contributed by atoms with van der Waals surface area (Å²) in [6, 6.07) is 6.04. The van der Waals surface area contributed by atoms with E-state index in [1.54, 1.807) is 12.1 Å². The Balaban J connectivity index is 1.40. The van der Waals surface area contributed by atoms with Crippen LogP contribution in [0.2, 0.25) is 0 Å². The van der Waals surface area contributed by atoms with E-state index in [1.807, 2.05) is 0 Å². The summed E-state index contributed by atoms with van der Waals surface area (Å²) in [4.78, 5) is 37.3. The van der Waals surface area contributed by atoms with Crippen molar-refractivity contribution < 1.29 is 14.5 Å². The Hall–Kier alpha value is -2.50. The Morgan fingerprint density at radius 2 is 1.58 bits per heavy atom. The largest absolute Gasteiger partial charge is 0.278 e. The lowest BCUT2D eigenvalue weighted by Gasteiger charge is -2.21. The number of hydrogen-bond donors (Lipinski definition) is 0. The van der Waals surface area contributed by atoms with Gasteiger partial charge in [-0.3, -0.25) is 24.6 Å². The first kappa shape index (κ1) is 13.9. The first-order chi connectivity index (χ1) is 11.5. The number of amides is 2. The van der Waals surface area contributed by atoms with Crippen LogP contribution in [-0.2, 0) is 16.1 Å². The SMILES string of the molecule is O=C1[C@@H]2[C@@H](C(=O)N1Cc1ccc([N+](=O)[O-])cc1)[C@@H]1C=C[C@H]2C12CC2. The molecule has 4 atom stereocenters. The third-order valence-corrected chi connectivity index (χ3v) is 6.43. The smallest absolute Gasteiger partial charge is 0.269 e. The maximum absolute atomic E-state index is 12.8. The number of allylic oxidation sites excluding steroid dienone is 2. The van der Waals surface area contributed by atoms with Crippen LogP contribution in [0.3, 0.4) is 0 Å². The molecule has 1 heterocycles. The van der Waals surface area contributed by atoms with Crippen LogP contribution in [0.25, 0.3) is 0 Å². The molecule has 2 bridgehead atoms. The molecular weight excluding hydrogens is 308 g/mol. The second-order valence-corrected chi connectivity index (χ2v) is 7.41. The highest BCUT2D eigenvalue weighted by Gasteiger charge is 2.73. The zero-order chi connectivity index (χ0) is 16.6. The van der Waals surface area contributed by atoms with E-state index >= 15 is 0 Å². The fourth-order valence-corrected chi connectivity index (χ4v) is 5.20. The van der Waals surface area contributed by atoms with Gasteiger partial charge in [0.2, 0.25) is 11.8 Å². The molecule has 1 spiro atoms. The Morgan fingerprint density at radius 3 is 2.04 bits per heavy atom. The minimum absolute atomic E-state index is 0.00705. The third kappa shape index (κ3) is 1.56.